The minimum Gasteiger partial charge on any atom is -0.454 e. The maximum atomic E-state index is 5.98. The molecule has 0 radical (unpaired) electrons. The van der Waals surface area contributed by atoms with E-state index in [2.05, 4.69) is 15.3 Å². The number of halogens is 1. The number of nitrogens with one attached hydrogen (secondary N) is 1. The molecule has 0 bridgehead atoms. The molecule has 0 saturated carbocycles. The fraction of sp³-hybridized carbons (Fsp3) is 0.125. The SMILES string of the molecule is Clc1nc(NCc2ccc3c(c2)OCO3)c2ccccc2n1. The molecule has 0 amide bonds. The van der Waals surface area contributed by atoms with Gasteiger partial charge in [0, 0.05) is 11.9 Å². The van der Waals surface area contributed by atoms with Crippen molar-refractivity contribution in [2.24, 2.45) is 0 Å². The Bertz CT molecular complexity index is 854. The van der Waals surface area contributed by atoms with Crippen LogP contribution in [-0.4, -0.2) is 16.8 Å². The third-order valence-corrected chi connectivity index (χ3v) is 3.64. The second-order valence-electron chi connectivity index (χ2n) is 4.90. The van der Waals surface area contributed by atoms with E-state index in [0.717, 1.165) is 28.0 Å². The number of benzene rings is 2. The molecule has 1 aromatic heterocycles. The van der Waals surface area contributed by atoms with Gasteiger partial charge in [0.1, 0.15) is 5.82 Å². The summed E-state index contributed by atoms with van der Waals surface area (Å²) in [5.41, 5.74) is 1.89. The lowest BCUT2D eigenvalue weighted by Crippen LogP contribution is -2.03. The zero-order valence-corrected chi connectivity index (χ0v) is 12.3. The molecule has 0 saturated heterocycles. The molecule has 1 N–H and O–H groups in total. The second kappa shape index (κ2) is 5.35. The van der Waals surface area contributed by atoms with E-state index < -0.39 is 0 Å². The number of rotatable bonds is 3. The lowest BCUT2D eigenvalue weighted by molar-refractivity contribution is 0.174. The van der Waals surface area contributed by atoms with E-state index in [1.54, 1.807) is 0 Å². The van der Waals surface area contributed by atoms with E-state index >= 15 is 0 Å². The zero-order valence-electron chi connectivity index (χ0n) is 11.5. The molecular weight excluding hydrogens is 302 g/mol. The molecule has 6 heteroatoms. The first kappa shape index (κ1) is 13.2. The summed E-state index contributed by atoms with van der Waals surface area (Å²) in [6.07, 6.45) is 0. The van der Waals surface area contributed by atoms with Crippen molar-refractivity contribution in [2.75, 3.05) is 12.1 Å². The lowest BCUT2D eigenvalue weighted by atomic mass is 10.2. The maximum absolute atomic E-state index is 5.98. The number of hydrogen-bond acceptors (Lipinski definition) is 5. The van der Waals surface area contributed by atoms with Gasteiger partial charge in [0.25, 0.3) is 0 Å². The molecule has 5 nitrogen and oxygen atoms in total. The summed E-state index contributed by atoms with van der Waals surface area (Å²) in [6, 6.07) is 13.6. The van der Waals surface area contributed by atoms with Crippen LogP contribution in [0.15, 0.2) is 42.5 Å². The Labute approximate surface area is 131 Å². The maximum Gasteiger partial charge on any atom is 0.231 e. The van der Waals surface area contributed by atoms with Crippen LogP contribution in [0.4, 0.5) is 5.82 Å². The summed E-state index contributed by atoms with van der Waals surface area (Å²) in [5.74, 6) is 2.26. The summed E-state index contributed by atoms with van der Waals surface area (Å²) in [4.78, 5) is 8.49. The van der Waals surface area contributed by atoms with Crippen LogP contribution in [0.3, 0.4) is 0 Å². The van der Waals surface area contributed by atoms with Crippen molar-refractivity contribution < 1.29 is 9.47 Å². The van der Waals surface area contributed by atoms with Gasteiger partial charge in [0.05, 0.1) is 5.52 Å². The highest BCUT2D eigenvalue weighted by Gasteiger charge is 2.13. The van der Waals surface area contributed by atoms with Crippen LogP contribution in [0.5, 0.6) is 11.5 Å². The Morgan fingerprint density at radius 2 is 1.91 bits per heavy atom. The highest BCUT2D eigenvalue weighted by molar-refractivity contribution is 6.28. The third-order valence-electron chi connectivity index (χ3n) is 3.47. The number of hydrogen-bond donors (Lipinski definition) is 1. The second-order valence-corrected chi connectivity index (χ2v) is 5.24. The van der Waals surface area contributed by atoms with Gasteiger partial charge in [0.2, 0.25) is 12.1 Å². The molecule has 0 unspecified atom stereocenters. The van der Waals surface area contributed by atoms with Crippen LogP contribution in [0.1, 0.15) is 5.56 Å². The van der Waals surface area contributed by atoms with Gasteiger partial charge in [-0.3, -0.25) is 0 Å². The van der Waals surface area contributed by atoms with E-state index in [-0.39, 0.29) is 12.1 Å². The van der Waals surface area contributed by atoms with Crippen LogP contribution in [0.2, 0.25) is 5.28 Å². The minimum atomic E-state index is 0.229. The van der Waals surface area contributed by atoms with Crippen LogP contribution < -0.4 is 14.8 Å². The van der Waals surface area contributed by atoms with Crippen LogP contribution >= 0.6 is 11.6 Å². The molecule has 0 aliphatic carbocycles. The van der Waals surface area contributed by atoms with Gasteiger partial charge in [-0.25, -0.2) is 9.97 Å². The molecule has 2 aromatic carbocycles. The number of fused-ring (bicyclic) bond motifs is 2. The molecule has 4 rings (SSSR count). The number of nitrogens with zero attached hydrogens (tertiary/aromatic N) is 2. The van der Waals surface area contributed by atoms with Gasteiger partial charge in [-0.2, -0.15) is 0 Å². The molecule has 110 valence electrons. The van der Waals surface area contributed by atoms with Gasteiger partial charge >= 0.3 is 0 Å². The Morgan fingerprint density at radius 1 is 1.05 bits per heavy atom. The summed E-state index contributed by atoms with van der Waals surface area (Å²) >= 11 is 5.98. The van der Waals surface area contributed by atoms with Gasteiger partial charge < -0.3 is 14.8 Å². The first-order valence-corrected chi connectivity index (χ1v) is 7.22. The van der Waals surface area contributed by atoms with Crippen LogP contribution in [0, 0.1) is 0 Å². The van der Waals surface area contributed by atoms with E-state index in [9.17, 15) is 0 Å². The predicted molar refractivity (Wildman–Crippen MR) is 84.4 cm³/mol. The Kier molecular flexibility index (Phi) is 3.20. The summed E-state index contributed by atoms with van der Waals surface area (Å²) in [7, 11) is 0. The van der Waals surface area contributed by atoms with Crippen molar-refractivity contribution in [2.45, 2.75) is 6.54 Å². The molecule has 0 spiro atoms. The fourth-order valence-electron chi connectivity index (χ4n) is 2.42. The average Bonchev–Trinajstić information content (AvgIpc) is 3.00. The molecule has 1 aliphatic rings. The number of para-hydroxylation sites is 1. The first-order chi connectivity index (χ1) is 10.8. The van der Waals surface area contributed by atoms with Crippen molar-refractivity contribution in [3.05, 3.63) is 53.3 Å². The van der Waals surface area contributed by atoms with Crippen LogP contribution in [0.25, 0.3) is 10.9 Å². The highest BCUT2D eigenvalue weighted by Crippen LogP contribution is 2.32. The first-order valence-electron chi connectivity index (χ1n) is 6.84. The van der Waals surface area contributed by atoms with Crippen molar-refractivity contribution in [3.63, 3.8) is 0 Å². The van der Waals surface area contributed by atoms with Crippen molar-refractivity contribution in [1.82, 2.24) is 9.97 Å². The van der Waals surface area contributed by atoms with Crippen molar-refractivity contribution in [1.29, 1.82) is 0 Å². The number of aromatic nitrogens is 2. The molecule has 22 heavy (non-hydrogen) atoms. The van der Waals surface area contributed by atoms with E-state index in [4.69, 9.17) is 21.1 Å². The third kappa shape index (κ3) is 2.40. The molecule has 1 aliphatic heterocycles. The topological polar surface area (TPSA) is 56.3 Å². The summed E-state index contributed by atoms with van der Waals surface area (Å²) in [5, 5.41) is 4.47. The number of ether oxygens (including phenoxy) is 2. The van der Waals surface area contributed by atoms with Crippen molar-refractivity contribution >= 4 is 28.3 Å². The summed E-state index contributed by atoms with van der Waals surface area (Å²) in [6.45, 7) is 0.881. The molecule has 2 heterocycles. The monoisotopic (exact) mass is 313 g/mol. The lowest BCUT2D eigenvalue weighted by Gasteiger charge is -2.09. The zero-order chi connectivity index (χ0) is 14.9. The predicted octanol–water partition coefficient (Wildman–Crippen LogP) is 3.62. The normalized spacial score (nSPS) is 12.6. The molecule has 0 fully saturated rings. The highest BCUT2D eigenvalue weighted by atomic mass is 35.5. The van der Waals surface area contributed by atoms with Gasteiger partial charge in [-0.05, 0) is 41.4 Å². The molecular formula is C16H12ClN3O2. The van der Waals surface area contributed by atoms with Crippen LogP contribution in [-0.2, 0) is 6.54 Å². The fourth-order valence-corrected chi connectivity index (χ4v) is 2.60. The van der Waals surface area contributed by atoms with Gasteiger partial charge in [-0.15, -0.1) is 0 Å². The minimum absolute atomic E-state index is 0.229. The van der Waals surface area contributed by atoms with Gasteiger partial charge in [0.15, 0.2) is 11.5 Å². The van der Waals surface area contributed by atoms with E-state index in [1.165, 1.54) is 0 Å². The molecule has 0 atom stereocenters. The number of anilines is 1. The molecule has 3 aromatic rings. The Hall–Kier alpha value is -2.53. The van der Waals surface area contributed by atoms with E-state index in [0.29, 0.717) is 12.4 Å². The summed E-state index contributed by atoms with van der Waals surface area (Å²) < 4.78 is 10.7. The Balaban J connectivity index is 1.61. The largest absolute Gasteiger partial charge is 0.454 e. The average molecular weight is 314 g/mol. The van der Waals surface area contributed by atoms with Crippen molar-refractivity contribution in [3.8, 4) is 11.5 Å². The Morgan fingerprint density at radius 3 is 2.86 bits per heavy atom. The smallest absolute Gasteiger partial charge is 0.231 e. The van der Waals surface area contributed by atoms with Gasteiger partial charge in [-0.1, -0.05) is 18.2 Å². The van der Waals surface area contributed by atoms with E-state index in [1.807, 2.05) is 42.5 Å². The standard InChI is InChI=1S/C16H12ClN3O2/c17-16-19-12-4-2-1-3-11(12)15(20-16)18-8-10-5-6-13-14(7-10)22-9-21-13/h1-7H,8-9H2,(H,18,19,20). The quantitative estimate of drug-likeness (QED) is 0.748.